The average molecular weight is 432 g/mol. The number of benzene rings is 1. The van der Waals surface area contributed by atoms with E-state index in [1.54, 1.807) is 30.7 Å². The smallest absolute Gasteiger partial charge is 0.253 e. The van der Waals surface area contributed by atoms with Crippen LogP contribution in [0, 0.1) is 0 Å². The Morgan fingerprint density at radius 3 is 2.54 bits per heavy atom. The maximum absolute atomic E-state index is 13.0. The molecule has 3 rings (SSSR count). The minimum absolute atomic E-state index is 0.185. The van der Waals surface area contributed by atoms with Crippen molar-refractivity contribution in [2.45, 2.75) is 23.1 Å². The Morgan fingerprint density at radius 2 is 1.92 bits per heavy atom. The largest absolute Gasteiger partial charge is 0.493 e. The zero-order valence-corrected chi connectivity index (χ0v) is 16.6. The first kappa shape index (κ1) is 17.7. The SMILES string of the molecule is COc1ccc(C2CCCN2S(=O)(=O)c2ccc(Br)s2)cc1OC. The maximum Gasteiger partial charge on any atom is 0.253 e. The Kier molecular flexibility index (Phi) is 5.19. The summed E-state index contributed by atoms with van der Waals surface area (Å²) < 4.78 is 39.3. The molecule has 0 aliphatic carbocycles. The molecule has 0 bridgehead atoms. The van der Waals surface area contributed by atoms with Crippen LogP contribution >= 0.6 is 27.3 Å². The van der Waals surface area contributed by atoms with Gasteiger partial charge in [-0.15, -0.1) is 11.3 Å². The number of methoxy groups -OCH3 is 2. The van der Waals surface area contributed by atoms with E-state index < -0.39 is 10.0 Å². The number of halogens is 1. The van der Waals surface area contributed by atoms with Crippen molar-refractivity contribution in [3.63, 3.8) is 0 Å². The summed E-state index contributed by atoms with van der Waals surface area (Å²) in [4.78, 5) is 0. The molecular weight excluding hydrogens is 414 g/mol. The molecule has 0 amide bonds. The first-order chi connectivity index (χ1) is 11.5. The van der Waals surface area contributed by atoms with Gasteiger partial charge in [-0.25, -0.2) is 8.42 Å². The summed E-state index contributed by atoms with van der Waals surface area (Å²) in [6.45, 7) is 0.525. The highest BCUT2D eigenvalue weighted by Crippen LogP contribution is 2.41. The second kappa shape index (κ2) is 7.03. The molecule has 1 unspecified atom stereocenters. The molecule has 2 heterocycles. The molecule has 1 aliphatic heterocycles. The highest BCUT2D eigenvalue weighted by molar-refractivity contribution is 9.11. The van der Waals surface area contributed by atoms with Crippen molar-refractivity contribution in [3.05, 3.63) is 39.7 Å². The van der Waals surface area contributed by atoms with Gasteiger partial charge in [0.25, 0.3) is 10.0 Å². The molecule has 1 fully saturated rings. The molecule has 8 heteroatoms. The van der Waals surface area contributed by atoms with Crippen molar-refractivity contribution in [2.24, 2.45) is 0 Å². The van der Waals surface area contributed by atoms with Gasteiger partial charge in [0.2, 0.25) is 0 Å². The van der Waals surface area contributed by atoms with Gasteiger partial charge >= 0.3 is 0 Å². The second-order valence-corrected chi connectivity index (χ2v) is 10.0. The van der Waals surface area contributed by atoms with Gasteiger partial charge in [0.1, 0.15) is 4.21 Å². The van der Waals surface area contributed by atoms with E-state index in [0.717, 1.165) is 22.2 Å². The Hall–Kier alpha value is -1.09. The maximum atomic E-state index is 13.0. The summed E-state index contributed by atoms with van der Waals surface area (Å²) in [5, 5.41) is 0. The van der Waals surface area contributed by atoms with Crippen LogP contribution in [0.15, 0.2) is 38.3 Å². The molecule has 2 aromatic rings. The van der Waals surface area contributed by atoms with Crippen molar-refractivity contribution >= 4 is 37.3 Å². The molecule has 24 heavy (non-hydrogen) atoms. The van der Waals surface area contributed by atoms with Gasteiger partial charge < -0.3 is 9.47 Å². The molecule has 0 N–H and O–H groups in total. The number of thiophene rings is 1. The van der Waals surface area contributed by atoms with Crippen LogP contribution in [-0.4, -0.2) is 33.5 Å². The number of ether oxygens (including phenoxy) is 2. The minimum atomic E-state index is -3.50. The summed E-state index contributed by atoms with van der Waals surface area (Å²) in [6.07, 6.45) is 1.63. The van der Waals surface area contributed by atoms with Crippen molar-refractivity contribution in [3.8, 4) is 11.5 Å². The van der Waals surface area contributed by atoms with Crippen LogP contribution in [0.4, 0.5) is 0 Å². The summed E-state index contributed by atoms with van der Waals surface area (Å²) in [7, 11) is -0.341. The van der Waals surface area contributed by atoms with E-state index in [9.17, 15) is 8.42 Å². The second-order valence-electron chi connectivity index (χ2n) is 5.45. The molecule has 1 saturated heterocycles. The monoisotopic (exact) mass is 431 g/mol. The van der Waals surface area contributed by atoms with Crippen LogP contribution in [0.3, 0.4) is 0 Å². The van der Waals surface area contributed by atoms with Crippen LogP contribution in [0.1, 0.15) is 24.4 Å². The fourth-order valence-electron chi connectivity index (χ4n) is 2.97. The van der Waals surface area contributed by atoms with E-state index in [-0.39, 0.29) is 6.04 Å². The van der Waals surface area contributed by atoms with E-state index in [1.165, 1.54) is 11.3 Å². The molecule has 1 atom stereocenters. The number of sulfonamides is 1. The molecule has 5 nitrogen and oxygen atoms in total. The highest BCUT2D eigenvalue weighted by atomic mass is 79.9. The molecule has 0 radical (unpaired) electrons. The van der Waals surface area contributed by atoms with Gasteiger partial charge in [-0.05, 0) is 58.6 Å². The Bertz CT molecular complexity index is 834. The lowest BCUT2D eigenvalue weighted by molar-refractivity contribution is 0.351. The third-order valence-electron chi connectivity index (χ3n) is 4.11. The Labute approximate surface area is 154 Å². The third-order valence-corrected chi connectivity index (χ3v) is 8.11. The van der Waals surface area contributed by atoms with Gasteiger partial charge in [0, 0.05) is 6.54 Å². The lowest BCUT2D eigenvalue weighted by Gasteiger charge is -2.24. The average Bonchev–Trinajstić information content (AvgIpc) is 3.23. The van der Waals surface area contributed by atoms with Crippen LogP contribution in [0.25, 0.3) is 0 Å². The predicted octanol–water partition coefficient (Wildman–Crippen LogP) is 4.05. The van der Waals surface area contributed by atoms with Gasteiger partial charge in [0.15, 0.2) is 11.5 Å². The molecule has 1 aromatic carbocycles. The Morgan fingerprint density at radius 1 is 1.17 bits per heavy atom. The lowest BCUT2D eigenvalue weighted by Crippen LogP contribution is -2.30. The van der Waals surface area contributed by atoms with Crippen LogP contribution < -0.4 is 9.47 Å². The first-order valence-corrected chi connectivity index (χ1v) is 10.5. The van der Waals surface area contributed by atoms with Gasteiger partial charge in [0.05, 0.1) is 24.0 Å². The van der Waals surface area contributed by atoms with E-state index in [2.05, 4.69) is 15.9 Å². The molecule has 130 valence electrons. The molecule has 1 aliphatic rings. The summed E-state index contributed by atoms with van der Waals surface area (Å²) in [5.74, 6) is 1.24. The van der Waals surface area contributed by atoms with Crippen LogP contribution in [-0.2, 0) is 10.0 Å². The fourth-order valence-corrected chi connectivity index (χ4v) is 6.79. The zero-order valence-electron chi connectivity index (χ0n) is 13.4. The minimum Gasteiger partial charge on any atom is -0.493 e. The van der Waals surface area contributed by atoms with Gasteiger partial charge in [-0.1, -0.05) is 6.07 Å². The standard InChI is InChI=1S/C16H18BrNO4S2/c1-21-13-6-5-11(10-14(13)22-2)12-4-3-9-18(12)24(19,20)16-8-7-15(17)23-16/h5-8,10,12H,3-4,9H2,1-2H3. The van der Waals surface area contributed by atoms with Gasteiger partial charge in [-0.2, -0.15) is 4.31 Å². The Balaban J connectivity index is 1.96. The summed E-state index contributed by atoms with van der Waals surface area (Å²) in [6, 6.07) is 8.81. The van der Waals surface area contributed by atoms with E-state index in [0.29, 0.717) is 22.3 Å². The normalized spacial score (nSPS) is 18.7. The number of hydrogen-bond acceptors (Lipinski definition) is 5. The quantitative estimate of drug-likeness (QED) is 0.716. The lowest BCUT2D eigenvalue weighted by atomic mass is 10.0. The van der Waals surface area contributed by atoms with Crippen LogP contribution in [0.2, 0.25) is 0 Å². The van der Waals surface area contributed by atoms with Crippen molar-refractivity contribution in [1.29, 1.82) is 0 Å². The van der Waals surface area contributed by atoms with E-state index >= 15 is 0 Å². The van der Waals surface area contributed by atoms with Crippen molar-refractivity contribution < 1.29 is 17.9 Å². The summed E-state index contributed by atoms with van der Waals surface area (Å²) >= 11 is 4.57. The number of hydrogen-bond donors (Lipinski definition) is 0. The third kappa shape index (κ3) is 3.20. The highest BCUT2D eigenvalue weighted by Gasteiger charge is 2.37. The van der Waals surface area contributed by atoms with Crippen molar-refractivity contribution in [2.75, 3.05) is 20.8 Å². The predicted molar refractivity (Wildman–Crippen MR) is 97.4 cm³/mol. The molecule has 0 saturated carbocycles. The van der Waals surface area contributed by atoms with Gasteiger partial charge in [-0.3, -0.25) is 0 Å². The van der Waals surface area contributed by atoms with Crippen LogP contribution in [0.5, 0.6) is 11.5 Å². The topological polar surface area (TPSA) is 55.8 Å². The fraction of sp³-hybridized carbons (Fsp3) is 0.375. The van der Waals surface area contributed by atoms with Crippen molar-refractivity contribution in [1.82, 2.24) is 4.31 Å². The first-order valence-electron chi connectivity index (χ1n) is 7.46. The zero-order chi connectivity index (χ0) is 17.3. The van der Waals surface area contributed by atoms with E-state index in [1.807, 2.05) is 18.2 Å². The number of rotatable bonds is 5. The molecule has 0 spiro atoms. The molecule has 1 aromatic heterocycles. The van der Waals surface area contributed by atoms with E-state index in [4.69, 9.17) is 9.47 Å². The molecular formula is C16H18BrNO4S2. The number of nitrogens with zero attached hydrogens (tertiary/aromatic N) is 1. The summed E-state index contributed by atoms with van der Waals surface area (Å²) in [5.41, 5.74) is 0.921.